The van der Waals surface area contributed by atoms with Crippen molar-refractivity contribution in [2.24, 2.45) is 0 Å². The van der Waals surface area contributed by atoms with Gasteiger partial charge in [0.2, 0.25) is 0 Å². The van der Waals surface area contributed by atoms with Gasteiger partial charge in [-0.2, -0.15) is 0 Å². The molecule has 1 amide bonds. The smallest absolute Gasteiger partial charge is 0.342 e. The predicted molar refractivity (Wildman–Crippen MR) is 93.0 cm³/mol. The average molecular weight is 368 g/mol. The van der Waals surface area contributed by atoms with Crippen molar-refractivity contribution < 1.29 is 19.1 Å². The molecule has 0 unspecified atom stereocenters. The maximum atomic E-state index is 12.2. The highest BCUT2D eigenvalue weighted by atomic mass is 35.5. The second kappa shape index (κ2) is 8.04. The number of benzene rings is 2. The SMILES string of the molecule is COc1ccc(Cl)cc1C(=O)O[C@@H](C)C(=O)Nc1cccc(Cl)c1. The molecule has 24 heavy (non-hydrogen) atoms. The molecule has 0 spiro atoms. The molecular formula is C17H15Cl2NO4. The molecule has 2 aromatic carbocycles. The number of carbonyl (C=O) groups excluding carboxylic acids is 2. The van der Waals surface area contributed by atoms with E-state index in [-0.39, 0.29) is 5.56 Å². The third kappa shape index (κ3) is 4.63. The first-order chi connectivity index (χ1) is 11.4. The maximum Gasteiger partial charge on any atom is 0.342 e. The van der Waals surface area contributed by atoms with Gasteiger partial charge in [0, 0.05) is 15.7 Å². The summed E-state index contributed by atoms with van der Waals surface area (Å²) in [4.78, 5) is 24.4. The zero-order valence-electron chi connectivity index (χ0n) is 13.0. The fourth-order valence-corrected chi connectivity index (χ4v) is 2.29. The van der Waals surface area contributed by atoms with E-state index in [1.54, 1.807) is 36.4 Å². The molecular weight excluding hydrogens is 353 g/mol. The summed E-state index contributed by atoms with van der Waals surface area (Å²) in [5.41, 5.74) is 0.656. The minimum atomic E-state index is -1.01. The second-order valence-corrected chi connectivity index (χ2v) is 5.76. The lowest BCUT2D eigenvalue weighted by Gasteiger charge is -2.15. The van der Waals surface area contributed by atoms with Gasteiger partial charge in [0.05, 0.1) is 7.11 Å². The first-order valence-corrected chi connectivity index (χ1v) is 7.77. The summed E-state index contributed by atoms with van der Waals surface area (Å²) in [5, 5.41) is 3.47. The summed E-state index contributed by atoms with van der Waals surface area (Å²) in [7, 11) is 1.43. The van der Waals surface area contributed by atoms with Gasteiger partial charge in [-0.25, -0.2) is 4.79 Å². The van der Waals surface area contributed by atoms with Crippen molar-refractivity contribution in [3.63, 3.8) is 0 Å². The summed E-state index contributed by atoms with van der Waals surface area (Å²) in [6.45, 7) is 1.47. The normalized spacial score (nSPS) is 11.5. The molecule has 0 aliphatic heterocycles. The van der Waals surface area contributed by atoms with Crippen molar-refractivity contribution in [1.29, 1.82) is 0 Å². The van der Waals surface area contributed by atoms with Gasteiger partial charge >= 0.3 is 5.97 Å². The van der Waals surface area contributed by atoms with Gasteiger partial charge in [-0.05, 0) is 43.3 Å². The van der Waals surface area contributed by atoms with Crippen molar-refractivity contribution in [3.8, 4) is 5.75 Å². The Balaban J connectivity index is 2.06. The molecule has 0 bridgehead atoms. The van der Waals surface area contributed by atoms with Gasteiger partial charge in [0.15, 0.2) is 6.10 Å². The van der Waals surface area contributed by atoms with E-state index in [4.69, 9.17) is 32.7 Å². The highest BCUT2D eigenvalue weighted by Crippen LogP contribution is 2.24. The molecule has 0 saturated carbocycles. The van der Waals surface area contributed by atoms with Crippen LogP contribution in [0.3, 0.4) is 0 Å². The summed E-state index contributed by atoms with van der Waals surface area (Å²) >= 11 is 11.7. The van der Waals surface area contributed by atoms with Gasteiger partial charge in [0.1, 0.15) is 11.3 Å². The number of carbonyl (C=O) groups is 2. The number of rotatable bonds is 5. The van der Waals surface area contributed by atoms with Crippen LogP contribution in [0.25, 0.3) is 0 Å². The van der Waals surface area contributed by atoms with Crippen LogP contribution in [-0.4, -0.2) is 25.1 Å². The number of ether oxygens (including phenoxy) is 2. The summed E-state index contributed by atoms with van der Waals surface area (Å²) in [6.07, 6.45) is -1.01. The zero-order valence-corrected chi connectivity index (χ0v) is 14.5. The van der Waals surface area contributed by atoms with Crippen LogP contribution in [0.15, 0.2) is 42.5 Å². The molecule has 1 N–H and O–H groups in total. The molecule has 0 aliphatic carbocycles. The molecule has 2 rings (SSSR count). The molecule has 0 aromatic heterocycles. The number of esters is 1. The number of halogens is 2. The van der Waals surface area contributed by atoms with Crippen molar-refractivity contribution in [1.82, 2.24) is 0 Å². The number of hydrogen-bond donors (Lipinski definition) is 1. The molecule has 2 aromatic rings. The average Bonchev–Trinajstić information content (AvgIpc) is 2.54. The van der Waals surface area contributed by atoms with Crippen LogP contribution in [-0.2, 0) is 9.53 Å². The van der Waals surface area contributed by atoms with Gasteiger partial charge in [-0.1, -0.05) is 29.3 Å². The molecule has 5 nitrogen and oxygen atoms in total. The third-order valence-electron chi connectivity index (χ3n) is 3.13. The van der Waals surface area contributed by atoms with Crippen LogP contribution in [0.4, 0.5) is 5.69 Å². The van der Waals surface area contributed by atoms with Crippen molar-refractivity contribution in [3.05, 3.63) is 58.1 Å². The van der Waals surface area contributed by atoms with Gasteiger partial charge in [-0.3, -0.25) is 4.79 Å². The van der Waals surface area contributed by atoms with Crippen LogP contribution in [0.2, 0.25) is 10.0 Å². The quantitative estimate of drug-likeness (QED) is 0.804. The molecule has 0 radical (unpaired) electrons. The van der Waals surface area contributed by atoms with E-state index in [1.807, 2.05) is 0 Å². The van der Waals surface area contributed by atoms with Crippen LogP contribution >= 0.6 is 23.2 Å². The number of methoxy groups -OCH3 is 1. The highest BCUT2D eigenvalue weighted by molar-refractivity contribution is 6.31. The Kier molecular flexibility index (Phi) is 6.06. The molecule has 0 fully saturated rings. The first-order valence-electron chi connectivity index (χ1n) is 7.01. The van der Waals surface area contributed by atoms with E-state index in [0.29, 0.717) is 21.5 Å². The van der Waals surface area contributed by atoms with Crippen molar-refractivity contribution in [2.45, 2.75) is 13.0 Å². The summed E-state index contributed by atoms with van der Waals surface area (Å²) in [6, 6.07) is 11.2. The Morgan fingerprint density at radius 2 is 1.79 bits per heavy atom. The molecule has 0 heterocycles. The Hall–Kier alpha value is -2.24. The van der Waals surface area contributed by atoms with E-state index >= 15 is 0 Å². The maximum absolute atomic E-state index is 12.2. The molecule has 7 heteroatoms. The fraction of sp³-hybridized carbons (Fsp3) is 0.176. The van der Waals surface area contributed by atoms with E-state index in [1.165, 1.54) is 20.1 Å². The van der Waals surface area contributed by atoms with E-state index in [9.17, 15) is 9.59 Å². The van der Waals surface area contributed by atoms with E-state index < -0.39 is 18.0 Å². The Morgan fingerprint density at radius 1 is 1.08 bits per heavy atom. The zero-order chi connectivity index (χ0) is 17.7. The second-order valence-electron chi connectivity index (χ2n) is 4.89. The first kappa shape index (κ1) is 18.1. The molecule has 0 aliphatic rings. The van der Waals surface area contributed by atoms with Crippen molar-refractivity contribution in [2.75, 3.05) is 12.4 Å². The third-order valence-corrected chi connectivity index (χ3v) is 3.60. The van der Waals surface area contributed by atoms with Gasteiger partial charge in [0.25, 0.3) is 5.91 Å². The van der Waals surface area contributed by atoms with Gasteiger partial charge in [-0.15, -0.1) is 0 Å². The van der Waals surface area contributed by atoms with Crippen LogP contribution in [0.5, 0.6) is 5.75 Å². The molecule has 1 atom stereocenters. The predicted octanol–water partition coefficient (Wildman–Crippen LogP) is 4.19. The minimum absolute atomic E-state index is 0.146. The van der Waals surface area contributed by atoms with Crippen molar-refractivity contribution >= 4 is 40.8 Å². The number of hydrogen-bond acceptors (Lipinski definition) is 4. The van der Waals surface area contributed by atoms with Crippen LogP contribution < -0.4 is 10.1 Å². The van der Waals surface area contributed by atoms with E-state index in [0.717, 1.165) is 0 Å². The molecule has 126 valence electrons. The number of amides is 1. The Bertz CT molecular complexity index is 764. The number of anilines is 1. The minimum Gasteiger partial charge on any atom is -0.496 e. The van der Waals surface area contributed by atoms with E-state index in [2.05, 4.69) is 5.32 Å². The Labute approximate surface area is 149 Å². The molecule has 0 saturated heterocycles. The highest BCUT2D eigenvalue weighted by Gasteiger charge is 2.21. The summed E-state index contributed by atoms with van der Waals surface area (Å²) < 4.78 is 10.3. The topological polar surface area (TPSA) is 64.6 Å². The van der Waals surface area contributed by atoms with Crippen LogP contribution in [0.1, 0.15) is 17.3 Å². The standard InChI is InChI=1S/C17H15Cl2NO4/c1-10(16(21)20-13-5-3-4-11(18)8-13)24-17(22)14-9-12(19)6-7-15(14)23-2/h3-10H,1-2H3,(H,20,21)/t10-/m0/s1. The van der Waals surface area contributed by atoms with Gasteiger partial charge < -0.3 is 14.8 Å². The lowest BCUT2D eigenvalue weighted by atomic mass is 10.2. The fourth-order valence-electron chi connectivity index (χ4n) is 1.93. The Morgan fingerprint density at radius 3 is 2.46 bits per heavy atom. The largest absolute Gasteiger partial charge is 0.496 e. The lowest BCUT2D eigenvalue weighted by molar-refractivity contribution is -0.123. The lowest BCUT2D eigenvalue weighted by Crippen LogP contribution is -2.30. The summed E-state index contributed by atoms with van der Waals surface area (Å²) in [5.74, 6) is -0.874. The number of nitrogens with one attached hydrogen (secondary N) is 1. The van der Waals surface area contributed by atoms with Crippen LogP contribution in [0, 0.1) is 0 Å². The monoisotopic (exact) mass is 367 g/mol.